The number of nitrogens with one attached hydrogen (secondary N) is 1. The van der Waals surface area contributed by atoms with E-state index in [1.807, 2.05) is 0 Å². The van der Waals surface area contributed by atoms with Gasteiger partial charge >= 0.3 is 0 Å². The minimum absolute atomic E-state index is 0.145. The first-order chi connectivity index (χ1) is 16.5. The number of rotatable bonds is 10. The Morgan fingerprint density at radius 2 is 1.71 bits per heavy atom. The monoisotopic (exact) mass is 555 g/mol. The average molecular weight is 556 g/mol. The molecule has 1 amide bonds. The molecule has 3 rings (SSSR count). The highest BCUT2D eigenvalue weighted by Crippen LogP contribution is 2.29. The Bertz CT molecular complexity index is 1420. The van der Waals surface area contributed by atoms with Crippen molar-refractivity contribution in [3.05, 3.63) is 77.3 Å². The molecule has 0 bridgehead atoms. The summed E-state index contributed by atoms with van der Waals surface area (Å²) >= 11 is 7.04. The molecule has 0 heterocycles. The van der Waals surface area contributed by atoms with E-state index >= 15 is 0 Å². The minimum Gasteiger partial charge on any atom is -0.494 e. The van der Waals surface area contributed by atoms with Crippen molar-refractivity contribution in [1.82, 2.24) is 0 Å². The molecule has 0 aliphatic rings. The third-order valence-electron chi connectivity index (χ3n) is 4.70. The van der Waals surface area contributed by atoms with Gasteiger partial charge in [0.15, 0.2) is 9.84 Å². The summed E-state index contributed by atoms with van der Waals surface area (Å²) in [6.07, 6.45) is 0. The number of amides is 1. The summed E-state index contributed by atoms with van der Waals surface area (Å²) in [7, 11) is -8.23. The van der Waals surface area contributed by atoms with Crippen molar-refractivity contribution in [1.29, 1.82) is 0 Å². The number of carbonyl (C=O) groups excluding carboxylic acids is 1. The summed E-state index contributed by atoms with van der Waals surface area (Å²) in [5, 5.41) is 3.07. The van der Waals surface area contributed by atoms with Crippen LogP contribution in [0.25, 0.3) is 0 Å². The summed E-state index contributed by atoms with van der Waals surface area (Å²) in [5.41, 5.74) is 0.0997. The van der Waals surface area contributed by atoms with Crippen molar-refractivity contribution in [2.45, 2.75) is 21.6 Å². The fourth-order valence-electron chi connectivity index (χ4n) is 3.07. The molecule has 0 atom stereocenters. The third kappa shape index (κ3) is 7.21. The highest BCUT2D eigenvalue weighted by Gasteiger charge is 2.22. The Balaban J connectivity index is 1.76. The van der Waals surface area contributed by atoms with Gasteiger partial charge in [-0.3, -0.25) is 9.35 Å². The molecule has 0 unspecified atom stereocenters. The van der Waals surface area contributed by atoms with Crippen LogP contribution in [0.15, 0.2) is 81.4 Å². The average Bonchev–Trinajstić information content (AvgIpc) is 2.80. The van der Waals surface area contributed by atoms with Crippen LogP contribution in [0.1, 0.15) is 17.3 Å². The predicted octanol–water partition coefficient (Wildman–Crippen LogP) is 4.80. The largest absolute Gasteiger partial charge is 0.494 e. The van der Waals surface area contributed by atoms with Gasteiger partial charge in [-0.1, -0.05) is 23.7 Å². The second-order valence-corrected chi connectivity index (χ2v) is 12.2. The first-order valence-corrected chi connectivity index (χ1v) is 14.7. The van der Waals surface area contributed by atoms with Crippen molar-refractivity contribution in [2.75, 3.05) is 23.4 Å². The molecule has 3 aromatic carbocycles. The van der Waals surface area contributed by atoms with Gasteiger partial charge in [0, 0.05) is 21.7 Å². The van der Waals surface area contributed by atoms with E-state index in [4.69, 9.17) is 16.3 Å². The highest BCUT2D eigenvalue weighted by atomic mass is 35.5. The second kappa shape index (κ2) is 11.4. The summed E-state index contributed by atoms with van der Waals surface area (Å²) in [4.78, 5) is 13.1. The van der Waals surface area contributed by atoms with Crippen LogP contribution in [-0.2, 0) is 20.0 Å². The van der Waals surface area contributed by atoms with Crippen LogP contribution in [0.4, 0.5) is 5.69 Å². The number of benzene rings is 3. The van der Waals surface area contributed by atoms with Crippen molar-refractivity contribution < 1.29 is 30.9 Å². The Hall–Kier alpha value is -2.57. The first-order valence-electron chi connectivity index (χ1n) is 10.3. The zero-order valence-electron chi connectivity index (χ0n) is 18.5. The third-order valence-corrected chi connectivity index (χ3v) is 8.92. The van der Waals surface area contributed by atoms with Crippen LogP contribution >= 0.6 is 23.4 Å². The molecule has 2 N–H and O–H groups in total. The molecular formula is C23H22ClNO7S3. The van der Waals surface area contributed by atoms with E-state index in [1.54, 1.807) is 31.2 Å². The lowest BCUT2D eigenvalue weighted by atomic mass is 10.2. The van der Waals surface area contributed by atoms with Crippen LogP contribution in [0.3, 0.4) is 0 Å². The summed E-state index contributed by atoms with van der Waals surface area (Å²) in [6, 6.07) is 16.4. The summed E-state index contributed by atoms with van der Waals surface area (Å²) in [5.74, 6) is -0.512. The molecule has 186 valence electrons. The van der Waals surface area contributed by atoms with Crippen molar-refractivity contribution in [3.63, 3.8) is 0 Å². The van der Waals surface area contributed by atoms with Crippen molar-refractivity contribution in [3.8, 4) is 5.75 Å². The van der Waals surface area contributed by atoms with Gasteiger partial charge in [-0.25, -0.2) is 8.42 Å². The summed E-state index contributed by atoms with van der Waals surface area (Å²) < 4.78 is 63.7. The SMILES string of the molecule is CCOc1ccc(C(=O)Nc2ccccc2SCCS(=O)(=O)c2ccc(Cl)cc2)c(S(=O)(=O)O)c1. The van der Waals surface area contributed by atoms with Crippen LogP contribution in [0, 0.1) is 0 Å². The topological polar surface area (TPSA) is 127 Å². The Morgan fingerprint density at radius 1 is 1.03 bits per heavy atom. The number of hydrogen-bond donors (Lipinski definition) is 2. The van der Waals surface area contributed by atoms with E-state index in [9.17, 15) is 26.2 Å². The van der Waals surface area contributed by atoms with Gasteiger partial charge in [0.1, 0.15) is 10.6 Å². The van der Waals surface area contributed by atoms with Crippen molar-refractivity contribution >= 4 is 54.9 Å². The molecule has 0 spiro atoms. The molecule has 35 heavy (non-hydrogen) atoms. The number of hydrogen-bond acceptors (Lipinski definition) is 7. The van der Waals surface area contributed by atoms with Crippen LogP contribution in [0.5, 0.6) is 5.75 Å². The van der Waals surface area contributed by atoms with E-state index < -0.39 is 30.8 Å². The maximum atomic E-state index is 12.9. The number of anilines is 1. The van der Waals surface area contributed by atoms with Gasteiger partial charge < -0.3 is 10.1 Å². The minimum atomic E-state index is -4.70. The standard InChI is InChI=1S/C23H22ClNO7S3/c1-2-32-17-9-12-19(22(15-17)35(29,30)31)23(26)25-20-5-3-4-6-21(20)33-13-14-34(27,28)18-10-7-16(24)8-11-18/h3-12,15H,2,13-14H2,1H3,(H,25,26)(H,29,30,31). The van der Waals surface area contributed by atoms with Gasteiger partial charge in [-0.15, -0.1) is 11.8 Å². The molecule has 8 nitrogen and oxygen atoms in total. The van der Waals surface area contributed by atoms with E-state index in [0.717, 1.165) is 6.07 Å². The number of para-hydroxylation sites is 1. The fraction of sp³-hybridized carbons (Fsp3) is 0.174. The maximum Gasteiger partial charge on any atom is 0.295 e. The predicted molar refractivity (Wildman–Crippen MR) is 136 cm³/mol. The Morgan fingerprint density at radius 3 is 2.37 bits per heavy atom. The number of carbonyl (C=O) groups is 1. The molecule has 0 saturated heterocycles. The molecule has 0 saturated carbocycles. The Kier molecular flexibility index (Phi) is 8.84. The molecule has 0 aromatic heterocycles. The number of ether oxygens (including phenoxy) is 1. The molecular weight excluding hydrogens is 534 g/mol. The van der Waals surface area contributed by atoms with E-state index in [0.29, 0.717) is 15.6 Å². The normalized spacial score (nSPS) is 11.7. The fourth-order valence-corrected chi connectivity index (χ4v) is 6.56. The lowest BCUT2D eigenvalue weighted by molar-refractivity contribution is 0.102. The smallest absolute Gasteiger partial charge is 0.295 e. The van der Waals surface area contributed by atoms with Gasteiger partial charge in [-0.2, -0.15) is 8.42 Å². The highest BCUT2D eigenvalue weighted by molar-refractivity contribution is 8.00. The molecule has 0 fully saturated rings. The zero-order chi connectivity index (χ0) is 25.6. The molecule has 0 radical (unpaired) electrons. The lowest BCUT2D eigenvalue weighted by Gasteiger charge is -2.13. The molecule has 12 heteroatoms. The number of thioether (sulfide) groups is 1. The zero-order valence-corrected chi connectivity index (χ0v) is 21.7. The van der Waals surface area contributed by atoms with E-state index in [1.165, 1.54) is 48.2 Å². The number of halogens is 1. The molecule has 0 aliphatic heterocycles. The maximum absolute atomic E-state index is 12.9. The van der Waals surface area contributed by atoms with Gasteiger partial charge in [0.05, 0.1) is 28.5 Å². The van der Waals surface area contributed by atoms with Crippen molar-refractivity contribution in [2.24, 2.45) is 0 Å². The van der Waals surface area contributed by atoms with E-state index in [2.05, 4.69) is 5.32 Å². The van der Waals surface area contributed by atoms with Crippen LogP contribution in [-0.4, -0.2) is 45.4 Å². The molecule has 0 aliphatic carbocycles. The quantitative estimate of drug-likeness (QED) is 0.270. The Labute approximate surface area is 213 Å². The van der Waals surface area contributed by atoms with Crippen LogP contribution < -0.4 is 10.1 Å². The number of sulfone groups is 1. The summed E-state index contributed by atoms with van der Waals surface area (Å²) in [6.45, 7) is 1.98. The molecule has 3 aromatic rings. The van der Waals surface area contributed by atoms with Gasteiger partial charge in [0.2, 0.25) is 0 Å². The van der Waals surface area contributed by atoms with Gasteiger partial charge in [-0.05, 0) is 55.5 Å². The van der Waals surface area contributed by atoms with E-state index in [-0.39, 0.29) is 34.3 Å². The first kappa shape index (κ1) is 27.0. The second-order valence-electron chi connectivity index (χ2n) is 7.14. The lowest BCUT2D eigenvalue weighted by Crippen LogP contribution is -2.17. The van der Waals surface area contributed by atoms with Crippen LogP contribution in [0.2, 0.25) is 5.02 Å². The van der Waals surface area contributed by atoms with Gasteiger partial charge in [0.25, 0.3) is 16.0 Å².